The topological polar surface area (TPSA) is 18.5 Å². The largest absolute Gasteiger partial charge is 0.494 e. The molecular weight excluding hydrogens is 224 g/mol. The van der Waals surface area contributed by atoms with Crippen LogP contribution in [0, 0.1) is 12.3 Å². The summed E-state index contributed by atoms with van der Waals surface area (Å²) in [5, 5.41) is 0. The molecule has 0 bridgehead atoms. The zero-order valence-electron chi connectivity index (χ0n) is 11.2. The Morgan fingerprint density at radius 1 is 0.944 bits per heavy atom. The third-order valence-corrected chi connectivity index (χ3v) is 2.78. The van der Waals surface area contributed by atoms with Gasteiger partial charge in [0, 0.05) is 19.3 Å². The molecule has 0 spiro atoms. The zero-order valence-corrected chi connectivity index (χ0v) is 11.2. The van der Waals surface area contributed by atoms with Crippen LogP contribution in [-0.4, -0.2) is 20.3 Å². The van der Waals surface area contributed by atoms with E-state index in [9.17, 15) is 0 Å². The van der Waals surface area contributed by atoms with E-state index >= 15 is 0 Å². The van der Waals surface area contributed by atoms with E-state index in [1.807, 2.05) is 24.3 Å². The molecule has 0 fully saturated rings. The first-order chi connectivity index (χ1) is 8.86. The van der Waals surface area contributed by atoms with Crippen LogP contribution in [0.4, 0.5) is 0 Å². The Morgan fingerprint density at radius 2 is 1.56 bits per heavy atom. The summed E-state index contributed by atoms with van der Waals surface area (Å²) < 4.78 is 10.6. The number of rotatable bonds is 9. The van der Waals surface area contributed by atoms with Gasteiger partial charge in [-0.3, -0.25) is 0 Å². The molecule has 0 unspecified atom stereocenters. The minimum absolute atomic E-state index is 0.777. The van der Waals surface area contributed by atoms with Crippen molar-refractivity contribution in [2.75, 3.05) is 20.3 Å². The highest BCUT2D eigenvalue weighted by atomic mass is 16.5. The second-order valence-corrected chi connectivity index (χ2v) is 4.28. The van der Waals surface area contributed by atoms with E-state index in [0.29, 0.717) is 0 Å². The number of methoxy groups -OCH3 is 1. The summed E-state index contributed by atoms with van der Waals surface area (Å²) in [6.45, 7) is 1.65. The molecule has 0 atom stereocenters. The molecule has 0 amide bonds. The fourth-order valence-electron chi connectivity index (χ4n) is 1.72. The molecule has 1 rings (SSSR count). The first-order valence-electron chi connectivity index (χ1n) is 6.55. The van der Waals surface area contributed by atoms with Crippen molar-refractivity contribution >= 4 is 0 Å². The van der Waals surface area contributed by atoms with Crippen molar-refractivity contribution in [3.05, 3.63) is 29.8 Å². The third kappa shape index (κ3) is 6.32. The number of ether oxygens (including phenoxy) is 2. The van der Waals surface area contributed by atoms with Crippen LogP contribution in [0.25, 0.3) is 0 Å². The summed E-state index contributed by atoms with van der Waals surface area (Å²) >= 11 is 0. The van der Waals surface area contributed by atoms with E-state index in [2.05, 4.69) is 5.92 Å². The van der Waals surface area contributed by atoms with Crippen LogP contribution in [0.3, 0.4) is 0 Å². The third-order valence-electron chi connectivity index (χ3n) is 2.78. The number of terminal acetylenes is 1. The summed E-state index contributed by atoms with van der Waals surface area (Å²) in [4.78, 5) is 0. The fraction of sp³-hybridized carbons (Fsp3) is 0.500. The summed E-state index contributed by atoms with van der Waals surface area (Å²) in [6, 6.07) is 7.65. The maximum absolute atomic E-state index is 5.64. The Bertz CT molecular complexity index is 348. The predicted molar refractivity (Wildman–Crippen MR) is 74.8 cm³/mol. The highest BCUT2D eigenvalue weighted by Crippen LogP contribution is 2.12. The SMILES string of the molecule is C#Cc1ccc(OCCCCCCCOC)cc1. The van der Waals surface area contributed by atoms with Crippen LogP contribution in [0.15, 0.2) is 24.3 Å². The van der Waals surface area contributed by atoms with Gasteiger partial charge in [0.05, 0.1) is 6.61 Å². The minimum atomic E-state index is 0.777. The molecule has 2 heteroatoms. The van der Waals surface area contributed by atoms with E-state index in [1.165, 1.54) is 19.3 Å². The lowest BCUT2D eigenvalue weighted by molar-refractivity contribution is 0.191. The van der Waals surface area contributed by atoms with Crippen molar-refractivity contribution in [2.24, 2.45) is 0 Å². The number of hydrogen-bond donors (Lipinski definition) is 0. The standard InChI is InChI=1S/C16H22O2/c1-3-15-9-11-16(12-10-15)18-14-8-6-4-5-7-13-17-2/h1,9-12H,4-8,13-14H2,2H3. The van der Waals surface area contributed by atoms with E-state index in [4.69, 9.17) is 15.9 Å². The van der Waals surface area contributed by atoms with Gasteiger partial charge >= 0.3 is 0 Å². The molecule has 1 aromatic carbocycles. The summed E-state index contributed by atoms with van der Waals surface area (Å²) in [5.74, 6) is 3.49. The van der Waals surface area contributed by atoms with Crippen molar-refractivity contribution < 1.29 is 9.47 Å². The number of unbranched alkanes of at least 4 members (excludes halogenated alkanes) is 4. The lowest BCUT2D eigenvalue weighted by Crippen LogP contribution is -1.97. The Hall–Kier alpha value is -1.46. The second kappa shape index (κ2) is 9.56. The molecule has 18 heavy (non-hydrogen) atoms. The van der Waals surface area contributed by atoms with E-state index in [1.54, 1.807) is 7.11 Å². The molecule has 0 N–H and O–H groups in total. The summed E-state index contributed by atoms with van der Waals surface area (Å²) in [5.41, 5.74) is 0.889. The number of benzene rings is 1. The molecule has 0 aliphatic heterocycles. The molecule has 0 heterocycles. The molecule has 0 aliphatic carbocycles. The molecule has 0 saturated heterocycles. The van der Waals surface area contributed by atoms with Gasteiger partial charge in [0.25, 0.3) is 0 Å². The van der Waals surface area contributed by atoms with Crippen LogP contribution in [0.1, 0.15) is 37.7 Å². The monoisotopic (exact) mass is 246 g/mol. The highest BCUT2D eigenvalue weighted by Gasteiger charge is 1.94. The summed E-state index contributed by atoms with van der Waals surface area (Å²) in [6.07, 6.45) is 11.3. The lowest BCUT2D eigenvalue weighted by atomic mass is 10.1. The molecule has 1 aromatic rings. The number of hydrogen-bond acceptors (Lipinski definition) is 2. The first kappa shape index (κ1) is 14.6. The van der Waals surface area contributed by atoms with Crippen molar-refractivity contribution in [2.45, 2.75) is 32.1 Å². The Balaban J connectivity index is 2.02. The smallest absolute Gasteiger partial charge is 0.119 e. The van der Waals surface area contributed by atoms with Gasteiger partial charge in [-0.2, -0.15) is 0 Å². The van der Waals surface area contributed by atoms with Crippen LogP contribution >= 0.6 is 0 Å². The van der Waals surface area contributed by atoms with E-state index in [0.717, 1.165) is 37.4 Å². The van der Waals surface area contributed by atoms with Gasteiger partial charge in [0.15, 0.2) is 0 Å². The van der Waals surface area contributed by atoms with Crippen LogP contribution in [-0.2, 0) is 4.74 Å². The van der Waals surface area contributed by atoms with Crippen molar-refractivity contribution in [3.8, 4) is 18.1 Å². The van der Waals surface area contributed by atoms with Crippen molar-refractivity contribution in [1.29, 1.82) is 0 Å². The van der Waals surface area contributed by atoms with Gasteiger partial charge < -0.3 is 9.47 Å². The van der Waals surface area contributed by atoms with Gasteiger partial charge in [-0.15, -0.1) is 6.42 Å². The van der Waals surface area contributed by atoms with Crippen molar-refractivity contribution in [1.82, 2.24) is 0 Å². The molecule has 2 nitrogen and oxygen atoms in total. The van der Waals surface area contributed by atoms with Crippen LogP contribution in [0.5, 0.6) is 5.75 Å². The second-order valence-electron chi connectivity index (χ2n) is 4.28. The fourth-order valence-corrected chi connectivity index (χ4v) is 1.72. The molecule has 0 saturated carbocycles. The maximum Gasteiger partial charge on any atom is 0.119 e. The average Bonchev–Trinajstić information content (AvgIpc) is 2.42. The lowest BCUT2D eigenvalue weighted by Gasteiger charge is -2.06. The molecule has 0 aromatic heterocycles. The average molecular weight is 246 g/mol. The van der Waals surface area contributed by atoms with Gasteiger partial charge in [-0.25, -0.2) is 0 Å². The van der Waals surface area contributed by atoms with Gasteiger partial charge in [0.1, 0.15) is 5.75 Å². The molecule has 0 radical (unpaired) electrons. The minimum Gasteiger partial charge on any atom is -0.494 e. The Morgan fingerprint density at radius 3 is 2.17 bits per heavy atom. The molecule has 0 aliphatic rings. The quantitative estimate of drug-likeness (QED) is 0.489. The summed E-state index contributed by atoms with van der Waals surface area (Å²) in [7, 11) is 1.75. The van der Waals surface area contributed by atoms with Gasteiger partial charge in [-0.05, 0) is 37.1 Å². The Kier molecular flexibility index (Phi) is 7.75. The normalized spacial score (nSPS) is 10.0. The Labute approximate surface area is 110 Å². The zero-order chi connectivity index (χ0) is 13.1. The first-order valence-corrected chi connectivity index (χ1v) is 6.55. The van der Waals surface area contributed by atoms with Crippen LogP contribution < -0.4 is 4.74 Å². The van der Waals surface area contributed by atoms with E-state index < -0.39 is 0 Å². The molecular formula is C16H22O2. The predicted octanol–water partition coefficient (Wildman–Crippen LogP) is 3.64. The van der Waals surface area contributed by atoms with Crippen LogP contribution in [0.2, 0.25) is 0 Å². The van der Waals surface area contributed by atoms with E-state index in [-0.39, 0.29) is 0 Å². The highest BCUT2D eigenvalue weighted by molar-refractivity contribution is 5.36. The van der Waals surface area contributed by atoms with Gasteiger partial charge in [0.2, 0.25) is 0 Å². The molecule has 98 valence electrons. The maximum atomic E-state index is 5.64. The van der Waals surface area contributed by atoms with Gasteiger partial charge in [-0.1, -0.05) is 25.2 Å². The van der Waals surface area contributed by atoms with Crippen molar-refractivity contribution in [3.63, 3.8) is 0 Å².